The standard InChI is InChI=1S/C18H20Cl2N4OSi/c1-26(2,3)9-25-14-7-4-10(19)8-12(14)11-5-6-13-15(16(11)20)17(21)24-18(22)23-13/h4-8H,9H2,1-3H3,(H4,21,22,23,24). The van der Waals surface area contributed by atoms with E-state index in [2.05, 4.69) is 29.6 Å². The van der Waals surface area contributed by atoms with Crippen molar-refractivity contribution in [2.75, 3.05) is 17.7 Å². The molecule has 0 atom stereocenters. The molecule has 8 heteroatoms. The maximum absolute atomic E-state index is 6.66. The van der Waals surface area contributed by atoms with Crippen LogP contribution in [0.4, 0.5) is 11.8 Å². The molecule has 0 amide bonds. The van der Waals surface area contributed by atoms with Gasteiger partial charge in [-0.15, -0.1) is 0 Å². The van der Waals surface area contributed by atoms with Crippen molar-refractivity contribution in [2.24, 2.45) is 0 Å². The maximum Gasteiger partial charge on any atom is 0.222 e. The first-order valence-electron chi connectivity index (χ1n) is 8.09. The molecule has 0 bridgehead atoms. The lowest BCUT2D eigenvalue weighted by atomic mass is 10.0. The topological polar surface area (TPSA) is 87.0 Å². The Kier molecular flexibility index (Phi) is 5.01. The van der Waals surface area contributed by atoms with Gasteiger partial charge in [-0.3, -0.25) is 0 Å². The summed E-state index contributed by atoms with van der Waals surface area (Å²) in [7, 11) is -1.39. The first-order chi connectivity index (χ1) is 12.2. The van der Waals surface area contributed by atoms with Crippen molar-refractivity contribution in [3.05, 3.63) is 40.4 Å². The number of nitrogens with two attached hydrogens (primary N) is 2. The fraction of sp³-hybridized carbons (Fsp3) is 0.222. The van der Waals surface area contributed by atoms with E-state index in [-0.39, 0.29) is 11.8 Å². The smallest absolute Gasteiger partial charge is 0.222 e. The summed E-state index contributed by atoms with van der Waals surface area (Å²) in [4.78, 5) is 8.21. The van der Waals surface area contributed by atoms with Gasteiger partial charge in [-0.1, -0.05) is 48.9 Å². The molecule has 26 heavy (non-hydrogen) atoms. The van der Waals surface area contributed by atoms with Crippen molar-refractivity contribution in [1.29, 1.82) is 0 Å². The molecule has 0 radical (unpaired) electrons. The van der Waals surface area contributed by atoms with Crippen LogP contribution in [0.15, 0.2) is 30.3 Å². The van der Waals surface area contributed by atoms with Crippen LogP contribution < -0.4 is 16.2 Å². The van der Waals surface area contributed by atoms with E-state index in [1.165, 1.54) is 0 Å². The highest BCUT2D eigenvalue weighted by Crippen LogP contribution is 2.41. The Bertz CT molecular complexity index is 989. The summed E-state index contributed by atoms with van der Waals surface area (Å²) >= 11 is 12.9. The van der Waals surface area contributed by atoms with Gasteiger partial charge in [0.25, 0.3) is 0 Å². The second-order valence-electron chi connectivity index (χ2n) is 7.28. The lowest BCUT2D eigenvalue weighted by molar-refractivity contribution is 0.379. The molecule has 3 aromatic rings. The van der Waals surface area contributed by atoms with Crippen LogP contribution >= 0.6 is 23.2 Å². The molecule has 5 nitrogen and oxygen atoms in total. The van der Waals surface area contributed by atoms with Crippen LogP contribution in [-0.4, -0.2) is 24.3 Å². The SMILES string of the molecule is C[Si](C)(C)COc1ccc(Cl)cc1-c1ccc2nc(N)nc(N)c2c1Cl. The highest BCUT2D eigenvalue weighted by atomic mass is 35.5. The van der Waals surface area contributed by atoms with Crippen LogP contribution in [0.1, 0.15) is 0 Å². The van der Waals surface area contributed by atoms with Crippen LogP contribution in [0.2, 0.25) is 29.7 Å². The number of halogens is 2. The maximum atomic E-state index is 6.66. The molecule has 0 aliphatic rings. The zero-order valence-electron chi connectivity index (χ0n) is 14.8. The molecule has 0 unspecified atom stereocenters. The molecule has 2 aromatic carbocycles. The third-order valence-corrected chi connectivity index (χ3v) is 5.38. The molecule has 0 aliphatic heterocycles. The number of rotatable bonds is 4. The van der Waals surface area contributed by atoms with Crippen molar-refractivity contribution in [1.82, 2.24) is 9.97 Å². The van der Waals surface area contributed by atoms with E-state index >= 15 is 0 Å². The minimum atomic E-state index is -1.39. The average molecular weight is 407 g/mol. The average Bonchev–Trinajstić information content (AvgIpc) is 2.52. The Morgan fingerprint density at radius 3 is 2.42 bits per heavy atom. The lowest BCUT2D eigenvalue weighted by Gasteiger charge is -2.19. The van der Waals surface area contributed by atoms with Gasteiger partial charge >= 0.3 is 0 Å². The molecular weight excluding hydrogens is 387 g/mol. The fourth-order valence-electron chi connectivity index (χ4n) is 2.57. The molecule has 1 heterocycles. The summed E-state index contributed by atoms with van der Waals surface area (Å²) in [5, 5.41) is 1.60. The van der Waals surface area contributed by atoms with Crippen LogP contribution in [0.5, 0.6) is 5.75 Å². The van der Waals surface area contributed by atoms with Crippen molar-refractivity contribution < 1.29 is 4.74 Å². The van der Waals surface area contributed by atoms with Gasteiger partial charge in [-0.05, 0) is 24.3 Å². The summed E-state index contributed by atoms with van der Waals surface area (Å²) in [6.07, 6.45) is 0.689. The predicted molar refractivity (Wildman–Crippen MR) is 113 cm³/mol. The normalized spacial score (nSPS) is 11.7. The molecule has 0 saturated heterocycles. The minimum absolute atomic E-state index is 0.112. The Morgan fingerprint density at radius 2 is 1.73 bits per heavy atom. The summed E-state index contributed by atoms with van der Waals surface area (Å²) in [6, 6.07) is 9.18. The third-order valence-electron chi connectivity index (χ3n) is 3.74. The van der Waals surface area contributed by atoms with Gasteiger partial charge in [-0.25, -0.2) is 4.98 Å². The van der Waals surface area contributed by atoms with E-state index in [1.54, 1.807) is 6.07 Å². The Morgan fingerprint density at radius 1 is 1.00 bits per heavy atom. The van der Waals surface area contributed by atoms with Crippen LogP contribution in [0, 0.1) is 0 Å². The van der Waals surface area contributed by atoms with E-state index in [0.717, 1.165) is 16.9 Å². The van der Waals surface area contributed by atoms with Crippen LogP contribution in [-0.2, 0) is 0 Å². The molecular formula is C18H20Cl2N4OSi. The van der Waals surface area contributed by atoms with E-state index in [9.17, 15) is 0 Å². The molecule has 0 saturated carbocycles. The quantitative estimate of drug-likeness (QED) is 0.593. The number of benzene rings is 2. The van der Waals surface area contributed by atoms with Gasteiger partial charge in [-0.2, -0.15) is 4.98 Å². The van der Waals surface area contributed by atoms with Gasteiger partial charge in [0.1, 0.15) is 11.6 Å². The summed E-state index contributed by atoms with van der Waals surface area (Å²) in [5.74, 6) is 1.08. The Hall–Kier alpha value is -2.02. The number of ether oxygens (including phenoxy) is 1. The van der Waals surface area contributed by atoms with Gasteiger partial charge in [0.2, 0.25) is 5.95 Å². The van der Waals surface area contributed by atoms with Gasteiger partial charge in [0.05, 0.1) is 30.2 Å². The second kappa shape index (κ2) is 6.94. The summed E-state index contributed by atoms with van der Waals surface area (Å²) < 4.78 is 6.09. The third kappa shape index (κ3) is 3.87. The zero-order valence-corrected chi connectivity index (χ0v) is 17.3. The van der Waals surface area contributed by atoms with Crippen molar-refractivity contribution in [2.45, 2.75) is 19.6 Å². The molecule has 3 rings (SSSR count). The zero-order chi connectivity index (χ0) is 19.1. The molecule has 4 N–H and O–H groups in total. The van der Waals surface area contributed by atoms with Crippen molar-refractivity contribution in [3.8, 4) is 16.9 Å². The van der Waals surface area contributed by atoms with Crippen LogP contribution in [0.25, 0.3) is 22.0 Å². The number of aromatic nitrogens is 2. The second-order valence-corrected chi connectivity index (χ2v) is 13.5. The summed E-state index contributed by atoms with van der Waals surface area (Å²) in [5.41, 5.74) is 13.8. The van der Waals surface area contributed by atoms with E-state index in [1.807, 2.05) is 24.3 Å². The van der Waals surface area contributed by atoms with Gasteiger partial charge in [0.15, 0.2) is 0 Å². The van der Waals surface area contributed by atoms with Gasteiger partial charge < -0.3 is 16.2 Å². The summed E-state index contributed by atoms with van der Waals surface area (Å²) in [6.45, 7) is 6.73. The monoisotopic (exact) mass is 406 g/mol. The first-order valence-corrected chi connectivity index (χ1v) is 12.6. The molecule has 136 valence electrons. The van der Waals surface area contributed by atoms with E-state index < -0.39 is 8.07 Å². The number of hydrogen-bond acceptors (Lipinski definition) is 5. The number of hydrogen-bond donors (Lipinski definition) is 2. The van der Waals surface area contributed by atoms with Gasteiger partial charge in [0, 0.05) is 16.1 Å². The molecule has 1 aromatic heterocycles. The van der Waals surface area contributed by atoms with E-state index in [4.69, 9.17) is 39.4 Å². The number of anilines is 2. The molecule has 0 aliphatic carbocycles. The fourth-order valence-corrected chi connectivity index (χ4v) is 3.69. The van der Waals surface area contributed by atoms with Crippen molar-refractivity contribution >= 4 is 53.9 Å². The van der Waals surface area contributed by atoms with Crippen LogP contribution in [0.3, 0.4) is 0 Å². The lowest BCUT2D eigenvalue weighted by Crippen LogP contribution is -2.30. The number of fused-ring (bicyclic) bond motifs is 1. The minimum Gasteiger partial charge on any atom is -0.497 e. The van der Waals surface area contributed by atoms with Crippen molar-refractivity contribution in [3.63, 3.8) is 0 Å². The Labute approximate surface area is 163 Å². The number of nitrogens with zero attached hydrogens (tertiary/aromatic N) is 2. The number of nitrogen functional groups attached to an aromatic ring is 2. The first kappa shape index (κ1) is 18.8. The highest BCUT2D eigenvalue weighted by molar-refractivity contribution is 6.76. The molecule has 0 fully saturated rings. The van der Waals surface area contributed by atoms with E-state index in [0.29, 0.717) is 27.2 Å². The largest absolute Gasteiger partial charge is 0.497 e. The molecule has 0 spiro atoms. The highest BCUT2D eigenvalue weighted by Gasteiger charge is 2.19. The predicted octanol–water partition coefficient (Wildman–Crippen LogP) is 5.02. The Balaban J connectivity index is 2.17.